The van der Waals surface area contributed by atoms with Crippen molar-refractivity contribution < 1.29 is 0 Å². The van der Waals surface area contributed by atoms with Crippen LogP contribution in [0, 0.1) is 23.2 Å². The van der Waals surface area contributed by atoms with Crippen LogP contribution < -0.4 is 0 Å². The van der Waals surface area contributed by atoms with Gasteiger partial charge in [0.1, 0.15) is 0 Å². The fourth-order valence-electron chi connectivity index (χ4n) is 5.37. The molecule has 0 radical (unpaired) electrons. The van der Waals surface area contributed by atoms with Crippen LogP contribution >= 0.6 is 0 Å². The summed E-state index contributed by atoms with van der Waals surface area (Å²) >= 11 is 0. The van der Waals surface area contributed by atoms with E-state index in [1.807, 2.05) is 0 Å². The first kappa shape index (κ1) is 24.6. The smallest absolute Gasteiger partial charge is 0.0655 e. The molecule has 1 heteroatoms. The first-order chi connectivity index (χ1) is 15.7. The van der Waals surface area contributed by atoms with Gasteiger partial charge in [-0.3, -0.25) is 0 Å². The van der Waals surface area contributed by atoms with Crippen LogP contribution in [-0.4, -0.2) is 0 Å². The maximum atomic E-state index is 9.25. The molecule has 0 bridgehead atoms. The molecule has 0 amide bonds. The standard InChI is InChI=1S/C31H43N/c1-3-5-6-7-8-9-10-26-11-15-28(16-12-26)30-19-21-31(22-20-30)29-17-13-27(14-18-29)23-25(4-2)24-32/h11-12,15-16,19-22,25,27,29H,3-10,13-14,17-18,23H2,1-2H3. The van der Waals surface area contributed by atoms with E-state index in [0.717, 1.165) is 18.8 Å². The summed E-state index contributed by atoms with van der Waals surface area (Å²) in [6.45, 7) is 4.42. The molecule has 0 heterocycles. The van der Waals surface area contributed by atoms with Gasteiger partial charge >= 0.3 is 0 Å². The van der Waals surface area contributed by atoms with E-state index in [-0.39, 0.29) is 5.92 Å². The van der Waals surface area contributed by atoms with Crippen molar-refractivity contribution >= 4 is 0 Å². The lowest BCUT2D eigenvalue weighted by Crippen LogP contribution is -2.16. The predicted molar refractivity (Wildman–Crippen MR) is 138 cm³/mol. The van der Waals surface area contributed by atoms with E-state index in [2.05, 4.69) is 68.4 Å². The second kappa shape index (κ2) is 13.5. The number of hydrogen-bond donors (Lipinski definition) is 0. The minimum Gasteiger partial charge on any atom is -0.198 e. The highest BCUT2D eigenvalue weighted by Crippen LogP contribution is 2.39. The Kier molecular flexibility index (Phi) is 10.3. The van der Waals surface area contributed by atoms with Gasteiger partial charge in [0.05, 0.1) is 6.07 Å². The van der Waals surface area contributed by atoms with Gasteiger partial charge in [-0.25, -0.2) is 0 Å². The summed E-state index contributed by atoms with van der Waals surface area (Å²) in [5.41, 5.74) is 5.63. The molecule has 1 fully saturated rings. The van der Waals surface area contributed by atoms with Crippen molar-refractivity contribution in [2.24, 2.45) is 11.8 Å². The van der Waals surface area contributed by atoms with E-state index >= 15 is 0 Å². The molecule has 0 spiro atoms. The molecule has 1 saturated carbocycles. The van der Waals surface area contributed by atoms with E-state index in [9.17, 15) is 5.26 Å². The van der Waals surface area contributed by atoms with Crippen molar-refractivity contribution in [3.63, 3.8) is 0 Å². The van der Waals surface area contributed by atoms with Crippen molar-refractivity contribution in [3.8, 4) is 17.2 Å². The minimum absolute atomic E-state index is 0.257. The lowest BCUT2D eigenvalue weighted by molar-refractivity contribution is 0.286. The molecule has 32 heavy (non-hydrogen) atoms. The van der Waals surface area contributed by atoms with Gasteiger partial charge in [0.2, 0.25) is 0 Å². The van der Waals surface area contributed by atoms with Gasteiger partial charge in [-0.1, -0.05) is 94.5 Å². The summed E-state index contributed by atoms with van der Waals surface area (Å²) in [7, 11) is 0. The summed E-state index contributed by atoms with van der Waals surface area (Å²) in [4.78, 5) is 0. The van der Waals surface area contributed by atoms with Gasteiger partial charge in [-0.2, -0.15) is 5.26 Å². The molecule has 0 aliphatic heterocycles. The molecule has 172 valence electrons. The Morgan fingerprint density at radius 1 is 0.781 bits per heavy atom. The van der Waals surface area contributed by atoms with Gasteiger partial charge in [0.15, 0.2) is 0 Å². The van der Waals surface area contributed by atoms with Crippen molar-refractivity contribution in [2.75, 3.05) is 0 Å². The number of nitrogens with zero attached hydrogens (tertiary/aromatic N) is 1. The van der Waals surface area contributed by atoms with Gasteiger partial charge in [0.25, 0.3) is 0 Å². The molecule has 3 rings (SSSR count). The van der Waals surface area contributed by atoms with Gasteiger partial charge < -0.3 is 0 Å². The Balaban J connectivity index is 1.46. The molecular formula is C31H43N. The largest absolute Gasteiger partial charge is 0.198 e. The van der Waals surface area contributed by atoms with Gasteiger partial charge in [0, 0.05) is 5.92 Å². The molecule has 2 aromatic rings. The third-order valence-corrected chi connectivity index (χ3v) is 7.63. The average molecular weight is 430 g/mol. The fraction of sp³-hybridized carbons (Fsp3) is 0.581. The average Bonchev–Trinajstić information content (AvgIpc) is 2.85. The van der Waals surface area contributed by atoms with Crippen molar-refractivity contribution in [2.45, 2.75) is 103 Å². The van der Waals surface area contributed by atoms with Crippen molar-refractivity contribution in [1.82, 2.24) is 0 Å². The summed E-state index contributed by atoms with van der Waals surface area (Å²) in [5.74, 6) is 1.71. The Morgan fingerprint density at radius 2 is 1.38 bits per heavy atom. The normalized spacial score (nSPS) is 19.4. The lowest BCUT2D eigenvalue weighted by Gasteiger charge is -2.29. The SMILES string of the molecule is CCCCCCCCc1ccc(-c2ccc(C3CCC(CC(C#N)CC)CC3)cc2)cc1. The Labute approximate surface area is 197 Å². The predicted octanol–water partition coefficient (Wildman–Crippen LogP) is 9.47. The highest BCUT2D eigenvalue weighted by Gasteiger charge is 2.24. The van der Waals surface area contributed by atoms with E-state index in [1.54, 1.807) is 0 Å². The van der Waals surface area contributed by atoms with Crippen LogP contribution in [0.3, 0.4) is 0 Å². The summed E-state index contributed by atoms with van der Waals surface area (Å²) < 4.78 is 0. The second-order valence-electron chi connectivity index (χ2n) is 10.0. The number of hydrogen-bond acceptors (Lipinski definition) is 1. The highest BCUT2D eigenvalue weighted by atomic mass is 14.3. The Hall–Kier alpha value is -2.07. The Morgan fingerprint density at radius 3 is 1.97 bits per heavy atom. The molecule has 2 aromatic carbocycles. The molecule has 1 nitrogen and oxygen atoms in total. The van der Waals surface area contributed by atoms with Gasteiger partial charge in [-0.15, -0.1) is 0 Å². The molecule has 1 aliphatic rings. The third kappa shape index (κ3) is 7.51. The number of benzene rings is 2. The van der Waals surface area contributed by atoms with Crippen LogP contribution in [0.15, 0.2) is 48.5 Å². The minimum atomic E-state index is 0.257. The van der Waals surface area contributed by atoms with Crippen molar-refractivity contribution in [3.05, 3.63) is 59.7 Å². The van der Waals surface area contributed by atoms with Crippen LogP contribution in [0.5, 0.6) is 0 Å². The molecular weight excluding hydrogens is 386 g/mol. The van der Waals surface area contributed by atoms with E-state index < -0.39 is 0 Å². The maximum absolute atomic E-state index is 9.25. The van der Waals surface area contributed by atoms with Crippen molar-refractivity contribution in [1.29, 1.82) is 5.26 Å². The summed E-state index contributed by atoms with van der Waals surface area (Å²) in [6.07, 6.45) is 16.6. The first-order valence-electron chi connectivity index (χ1n) is 13.3. The van der Waals surface area contributed by atoms with E-state index in [1.165, 1.54) is 92.9 Å². The number of rotatable bonds is 12. The highest BCUT2D eigenvalue weighted by molar-refractivity contribution is 5.64. The van der Waals surface area contributed by atoms with E-state index in [0.29, 0.717) is 5.92 Å². The van der Waals surface area contributed by atoms with Crippen LogP contribution in [0.1, 0.15) is 108 Å². The molecule has 1 atom stereocenters. The molecule has 1 aliphatic carbocycles. The molecule has 0 saturated heterocycles. The van der Waals surface area contributed by atoms with Crippen LogP contribution in [0.4, 0.5) is 0 Å². The van der Waals surface area contributed by atoms with Crippen LogP contribution in [0.2, 0.25) is 0 Å². The third-order valence-electron chi connectivity index (χ3n) is 7.63. The molecule has 1 unspecified atom stereocenters. The number of unbranched alkanes of at least 4 members (excludes halogenated alkanes) is 5. The molecule has 0 N–H and O–H groups in total. The quantitative estimate of drug-likeness (QED) is 0.308. The number of nitriles is 1. The fourth-order valence-corrected chi connectivity index (χ4v) is 5.37. The van der Waals surface area contributed by atoms with Gasteiger partial charge in [-0.05, 0) is 85.5 Å². The second-order valence-corrected chi connectivity index (χ2v) is 10.0. The maximum Gasteiger partial charge on any atom is 0.0655 e. The summed E-state index contributed by atoms with van der Waals surface area (Å²) in [6, 6.07) is 21.1. The molecule has 0 aromatic heterocycles. The zero-order valence-electron chi connectivity index (χ0n) is 20.5. The monoisotopic (exact) mass is 429 g/mol. The lowest BCUT2D eigenvalue weighted by atomic mass is 9.75. The zero-order chi connectivity index (χ0) is 22.6. The van der Waals surface area contributed by atoms with Crippen LogP contribution in [-0.2, 0) is 6.42 Å². The summed E-state index contributed by atoms with van der Waals surface area (Å²) in [5, 5.41) is 9.25. The first-order valence-corrected chi connectivity index (χ1v) is 13.3. The van der Waals surface area contributed by atoms with E-state index in [4.69, 9.17) is 0 Å². The zero-order valence-corrected chi connectivity index (χ0v) is 20.5. The Bertz CT molecular complexity index is 803. The van der Waals surface area contributed by atoms with Crippen LogP contribution in [0.25, 0.3) is 11.1 Å². The number of aryl methyl sites for hydroxylation is 1. The topological polar surface area (TPSA) is 23.8 Å².